The molecule has 0 aliphatic carbocycles. The zero-order valence-corrected chi connectivity index (χ0v) is 18.8. The van der Waals surface area contributed by atoms with E-state index in [2.05, 4.69) is 10.3 Å². The van der Waals surface area contributed by atoms with Crippen molar-refractivity contribution < 1.29 is 21.2 Å². The van der Waals surface area contributed by atoms with Gasteiger partial charge in [-0.05, 0) is 55.8 Å². The molecule has 0 bridgehead atoms. The van der Waals surface area contributed by atoms with Crippen molar-refractivity contribution in [2.75, 3.05) is 5.43 Å². The predicted molar refractivity (Wildman–Crippen MR) is 121 cm³/mol. The summed E-state index contributed by atoms with van der Waals surface area (Å²) in [7, 11) is -8.40. The van der Waals surface area contributed by atoms with Gasteiger partial charge in [-0.15, -0.1) is 4.83 Å². The number of aromatic nitrogens is 1. The number of fused-ring (bicyclic) bond motifs is 1. The number of aryl methyl sites for hydroxylation is 2. The molecule has 166 valence electrons. The summed E-state index contributed by atoms with van der Waals surface area (Å²) in [6.07, 6.45) is 0. The number of benzene rings is 3. The SMILES string of the molecule is Cc1ccc(S(=O)(=O)NNc2cc3ccccc3n2S(=O)(=O)c2cc(C)ccc2F)cc1. The summed E-state index contributed by atoms with van der Waals surface area (Å²) in [5.41, 5.74) is 4.22. The third-order valence-corrected chi connectivity index (χ3v) is 7.92. The summed E-state index contributed by atoms with van der Waals surface area (Å²) >= 11 is 0. The van der Waals surface area contributed by atoms with Gasteiger partial charge in [0.25, 0.3) is 20.0 Å². The van der Waals surface area contributed by atoms with E-state index in [-0.39, 0.29) is 16.2 Å². The number of rotatable bonds is 6. The molecule has 0 unspecified atom stereocenters. The summed E-state index contributed by atoms with van der Waals surface area (Å²) in [5.74, 6) is -0.984. The topological polar surface area (TPSA) is 97.3 Å². The molecule has 0 fully saturated rings. The smallest absolute Gasteiger partial charge is 0.272 e. The van der Waals surface area contributed by atoms with Crippen LogP contribution in [0.25, 0.3) is 10.9 Å². The lowest BCUT2D eigenvalue weighted by atomic mass is 10.2. The molecule has 0 atom stereocenters. The fourth-order valence-corrected chi connectivity index (χ4v) is 5.76. The van der Waals surface area contributed by atoms with Gasteiger partial charge in [-0.2, -0.15) is 0 Å². The van der Waals surface area contributed by atoms with Crippen molar-refractivity contribution in [3.8, 4) is 0 Å². The van der Waals surface area contributed by atoms with Crippen molar-refractivity contribution in [3.05, 3.63) is 89.7 Å². The van der Waals surface area contributed by atoms with Crippen LogP contribution in [0.2, 0.25) is 0 Å². The first-order valence-electron chi connectivity index (χ1n) is 9.56. The number of halogens is 1. The molecular formula is C22H20FN3O4S2. The molecule has 0 amide bonds. The van der Waals surface area contributed by atoms with Crippen molar-refractivity contribution in [2.45, 2.75) is 23.6 Å². The molecule has 1 heterocycles. The first kappa shape index (κ1) is 22.0. The Morgan fingerprint density at radius 1 is 0.812 bits per heavy atom. The largest absolute Gasteiger partial charge is 0.292 e. The van der Waals surface area contributed by atoms with Gasteiger partial charge in [-0.3, -0.25) is 5.43 Å². The Balaban J connectivity index is 1.81. The first-order chi connectivity index (χ1) is 15.1. The van der Waals surface area contributed by atoms with Crippen molar-refractivity contribution in [3.63, 3.8) is 0 Å². The van der Waals surface area contributed by atoms with Gasteiger partial charge in [-0.25, -0.2) is 25.2 Å². The molecule has 1 aromatic heterocycles. The highest BCUT2D eigenvalue weighted by Crippen LogP contribution is 2.30. The summed E-state index contributed by atoms with van der Waals surface area (Å²) in [6, 6.07) is 18.0. The van der Waals surface area contributed by atoms with E-state index in [0.29, 0.717) is 10.9 Å². The Hall–Kier alpha value is -3.21. The van der Waals surface area contributed by atoms with E-state index in [9.17, 15) is 21.2 Å². The van der Waals surface area contributed by atoms with Gasteiger partial charge in [0, 0.05) is 5.39 Å². The molecule has 0 saturated carbocycles. The molecular weight excluding hydrogens is 453 g/mol. The van der Waals surface area contributed by atoms with E-state index in [0.717, 1.165) is 15.6 Å². The van der Waals surface area contributed by atoms with E-state index < -0.39 is 30.8 Å². The Kier molecular flexibility index (Phi) is 5.53. The minimum atomic E-state index is -4.40. The van der Waals surface area contributed by atoms with Crippen molar-refractivity contribution in [1.29, 1.82) is 0 Å². The average Bonchev–Trinajstić information content (AvgIpc) is 3.13. The Labute approximate surface area is 185 Å². The van der Waals surface area contributed by atoms with Crippen molar-refractivity contribution >= 4 is 36.8 Å². The highest BCUT2D eigenvalue weighted by molar-refractivity contribution is 7.90. The zero-order chi connectivity index (χ0) is 23.1. The number of para-hydroxylation sites is 1. The Morgan fingerprint density at radius 3 is 2.19 bits per heavy atom. The lowest BCUT2D eigenvalue weighted by Crippen LogP contribution is -2.31. The number of hydrogen-bond acceptors (Lipinski definition) is 5. The van der Waals surface area contributed by atoms with Crippen LogP contribution >= 0.6 is 0 Å². The zero-order valence-electron chi connectivity index (χ0n) is 17.2. The quantitative estimate of drug-likeness (QED) is 0.414. The maximum absolute atomic E-state index is 14.5. The van der Waals surface area contributed by atoms with Crippen LogP contribution in [0, 0.1) is 19.7 Å². The van der Waals surface area contributed by atoms with Gasteiger partial charge < -0.3 is 0 Å². The molecule has 10 heteroatoms. The van der Waals surface area contributed by atoms with Crippen LogP contribution in [0.4, 0.5) is 10.2 Å². The minimum Gasteiger partial charge on any atom is -0.292 e. The minimum absolute atomic E-state index is 0.00541. The fraction of sp³-hybridized carbons (Fsp3) is 0.0909. The molecule has 0 radical (unpaired) electrons. The monoisotopic (exact) mass is 473 g/mol. The highest BCUT2D eigenvalue weighted by Gasteiger charge is 2.27. The number of sulfonamides is 1. The predicted octanol–water partition coefficient (Wildman–Crippen LogP) is 3.94. The van der Waals surface area contributed by atoms with Crippen LogP contribution in [0.15, 0.2) is 82.6 Å². The van der Waals surface area contributed by atoms with E-state index in [1.165, 1.54) is 30.3 Å². The maximum Gasteiger partial charge on any atom is 0.272 e. The molecule has 4 rings (SSSR count). The highest BCUT2D eigenvalue weighted by atomic mass is 32.2. The van der Waals surface area contributed by atoms with Gasteiger partial charge in [-0.1, -0.05) is 42.0 Å². The lowest BCUT2D eigenvalue weighted by Gasteiger charge is -2.15. The molecule has 3 aromatic carbocycles. The molecule has 7 nitrogen and oxygen atoms in total. The third kappa shape index (κ3) is 3.99. The molecule has 0 saturated heterocycles. The fourth-order valence-electron chi connectivity index (χ4n) is 3.28. The lowest BCUT2D eigenvalue weighted by molar-refractivity contribution is 0.561. The summed E-state index contributed by atoms with van der Waals surface area (Å²) < 4.78 is 67.6. The molecule has 0 aliphatic rings. The van der Waals surface area contributed by atoms with Crippen LogP contribution in [0.3, 0.4) is 0 Å². The number of hydrazine groups is 1. The van der Waals surface area contributed by atoms with Crippen LogP contribution in [0.5, 0.6) is 0 Å². The van der Waals surface area contributed by atoms with E-state index in [1.807, 2.05) is 6.92 Å². The van der Waals surface area contributed by atoms with Crippen molar-refractivity contribution in [1.82, 2.24) is 8.80 Å². The van der Waals surface area contributed by atoms with Crippen LogP contribution in [-0.4, -0.2) is 20.8 Å². The van der Waals surface area contributed by atoms with Gasteiger partial charge in [0.2, 0.25) is 0 Å². The first-order valence-corrected chi connectivity index (χ1v) is 12.5. The molecule has 32 heavy (non-hydrogen) atoms. The average molecular weight is 474 g/mol. The second-order valence-corrected chi connectivity index (χ2v) is 10.8. The molecule has 0 spiro atoms. The van der Waals surface area contributed by atoms with Crippen molar-refractivity contribution in [2.24, 2.45) is 0 Å². The molecule has 2 N–H and O–H groups in total. The van der Waals surface area contributed by atoms with E-state index >= 15 is 0 Å². The number of hydrogen-bond donors (Lipinski definition) is 2. The summed E-state index contributed by atoms with van der Waals surface area (Å²) in [5, 5.41) is 0.529. The van der Waals surface area contributed by atoms with Gasteiger partial charge in [0.1, 0.15) is 16.5 Å². The van der Waals surface area contributed by atoms with E-state index in [4.69, 9.17) is 0 Å². The number of nitrogens with zero attached hydrogens (tertiary/aromatic N) is 1. The standard InChI is InChI=1S/C22H20FN3O4S2/c1-15-7-10-18(11-8-15)31(27,28)25-24-22-14-17-5-3-4-6-20(17)26(22)32(29,30)21-13-16(2)9-12-19(21)23/h3-14,24-25H,1-2H3. The van der Waals surface area contributed by atoms with Crippen LogP contribution in [0.1, 0.15) is 11.1 Å². The number of nitrogens with one attached hydrogen (secondary N) is 2. The summed E-state index contributed by atoms with van der Waals surface area (Å²) in [6.45, 7) is 3.48. The van der Waals surface area contributed by atoms with Gasteiger partial charge in [0.05, 0.1) is 10.4 Å². The second kappa shape index (κ2) is 8.05. The third-order valence-electron chi connectivity index (χ3n) is 4.92. The molecule has 0 aliphatic heterocycles. The van der Waals surface area contributed by atoms with Crippen LogP contribution < -0.4 is 10.3 Å². The van der Waals surface area contributed by atoms with E-state index in [1.54, 1.807) is 43.3 Å². The molecule has 4 aromatic rings. The van der Waals surface area contributed by atoms with Crippen LogP contribution in [-0.2, 0) is 20.0 Å². The Morgan fingerprint density at radius 2 is 1.47 bits per heavy atom. The second-order valence-electron chi connectivity index (χ2n) is 7.34. The maximum atomic E-state index is 14.5. The number of anilines is 1. The normalized spacial score (nSPS) is 12.2. The van der Waals surface area contributed by atoms with Gasteiger partial charge >= 0.3 is 0 Å². The summed E-state index contributed by atoms with van der Waals surface area (Å²) in [4.78, 5) is 1.70. The Bertz CT molecular complexity index is 1530. The van der Waals surface area contributed by atoms with Gasteiger partial charge in [0.15, 0.2) is 0 Å².